The summed E-state index contributed by atoms with van der Waals surface area (Å²) in [5.74, 6) is 3.73. The van der Waals surface area contributed by atoms with Gasteiger partial charge in [0.15, 0.2) is 0 Å². The molecule has 0 spiro atoms. The van der Waals surface area contributed by atoms with Crippen molar-refractivity contribution < 1.29 is 9.90 Å². The molecule has 1 unspecified atom stereocenters. The van der Waals surface area contributed by atoms with Crippen LogP contribution in [-0.4, -0.2) is 17.1 Å². The van der Waals surface area contributed by atoms with Crippen LogP contribution in [0.3, 0.4) is 0 Å². The third-order valence-electron chi connectivity index (χ3n) is 9.78. The second-order valence-corrected chi connectivity index (χ2v) is 11.9. The third-order valence-corrected chi connectivity index (χ3v) is 9.78. The molecular weight excluding hydrogens is 358 g/mol. The quantitative estimate of drug-likeness (QED) is 0.622. The summed E-state index contributed by atoms with van der Waals surface area (Å²) in [5, 5.41) is 13.4. The molecule has 2 N–H and O–H groups in total. The van der Waals surface area contributed by atoms with Crippen molar-refractivity contribution in [1.82, 2.24) is 5.32 Å². The molecule has 0 aromatic heterocycles. The van der Waals surface area contributed by atoms with Gasteiger partial charge < -0.3 is 10.4 Å². The Labute approximate surface area is 178 Å². The Bertz CT molecular complexity index is 670. The molecule has 1 saturated heterocycles. The van der Waals surface area contributed by atoms with Crippen LogP contribution in [0.25, 0.3) is 0 Å². The van der Waals surface area contributed by atoms with Gasteiger partial charge in [0.2, 0.25) is 5.91 Å². The number of nitrogens with one attached hydrogen (secondary N) is 1. The van der Waals surface area contributed by atoms with Gasteiger partial charge in [0, 0.05) is 17.0 Å². The Balaban J connectivity index is 1.54. The maximum absolute atomic E-state index is 13.3. The van der Waals surface area contributed by atoms with E-state index >= 15 is 0 Å². The lowest BCUT2D eigenvalue weighted by Gasteiger charge is -2.57. The monoisotopic (exact) mass is 401 g/mol. The molecule has 29 heavy (non-hydrogen) atoms. The van der Waals surface area contributed by atoms with Crippen molar-refractivity contribution in [3.8, 4) is 0 Å². The molecule has 2 saturated carbocycles. The number of carbonyl (C=O) groups excluding carboxylic acids is 1. The lowest BCUT2D eigenvalue weighted by Crippen LogP contribution is -2.59. The highest BCUT2D eigenvalue weighted by Crippen LogP contribution is 2.65. The number of amides is 1. The van der Waals surface area contributed by atoms with Crippen molar-refractivity contribution in [3.05, 3.63) is 11.8 Å². The normalized spacial score (nSPS) is 45.1. The van der Waals surface area contributed by atoms with E-state index in [9.17, 15) is 9.90 Å². The summed E-state index contributed by atoms with van der Waals surface area (Å²) in [5.41, 5.74) is 1.38. The number of hydrogen-bond donors (Lipinski definition) is 2. The number of carbonyl (C=O) groups is 1. The van der Waals surface area contributed by atoms with E-state index in [1.807, 2.05) is 6.08 Å². The number of aliphatic hydroxyl groups is 1. The number of piperidine rings is 1. The molecule has 3 fully saturated rings. The molecule has 4 aliphatic rings. The molecule has 4 rings (SSSR count). The standard InChI is InChI=1S/C26H43NO2/c1-16(2)7-6-8-17(3)19-9-10-20-23-21(12-14-25(19,20)4)26(5)13-11-18(28)15-22(26)27-24(23)29/h15-21,23,28H,6-14H2,1-5H3,(H,27,29)/t17?,18-,19+,20-,21-,23-,25+,26+/m0/s1. The molecule has 164 valence electrons. The predicted molar refractivity (Wildman–Crippen MR) is 118 cm³/mol. The zero-order chi connectivity index (χ0) is 21.0. The molecule has 3 nitrogen and oxygen atoms in total. The molecule has 3 heteroatoms. The summed E-state index contributed by atoms with van der Waals surface area (Å²) in [7, 11) is 0. The van der Waals surface area contributed by atoms with Gasteiger partial charge in [-0.05, 0) is 79.6 Å². The van der Waals surface area contributed by atoms with E-state index in [2.05, 4.69) is 39.9 Å². The lowest BCUT2D eigenvalue weighted by atomic mass is 9.49. The van der Waals surface area contributed by atoms with Gasteiger partial charge in [-0.25, -0.2) is 0 Å². The van der Waals surface area contributed by atoms with E-state index < -0.39 is 6.10 Å². The summed E-state index contributed by atoms with van der Waals surface area (Å²) in [6.07, 6.45) is 12.4. The molecule has 1 heterocycles. The van der Waals surface area contributed by atoms with Crippen LogP contribution < -0.4 is 5.32 Å². The van der Waals surface area contributed by atoms with Crippen molar-refractivity contribution in [2.75, 3.05) is 0 Å². The number of aliphatic hydroxyl groups excluding tert-OH is 1. The second kappa shape index (κ2) is 7.70. The molecule has 8 atom stereocenters. The van der Waals surface area contributed by atoms with E-state index in [1.54, 1.807) is 0 Å². The van der Waals surface area contributed by atoms with Gasteiger partial charge in [-0.2, -0.15) is 0 Å². The van der Waals surface area contributed by atoms with Crippen LogP contribution in [0.5, 0.6) is 0 Å². The van der Waals surface area contributed by atoms with Gasteiger partial charge in [-0.15, -0.1) is 0 Å². The topological polar surface area (TPSA) is 49.3 Å². The SMILES string of the molecule is CC(C)CCCC(C)[C@H]1CC[C@H]2[C@@H]3C(=O)NC4=C[C@@H](O)CC[C@]4(C)[C@H]3CC[C@]12C. The highest BCUT2D eigenvalue weighted by Gasteiger charge is 2.62. The number of hydrogen-bond acceptors (Lipinski definition) is 2. The smallest absolute Gasteiger partial charge is 0.227 e. The summed E-state index contributed by atoms with van der Waals surface area (Å²) >= 11 is 0. The van der Waals surface area contributed by atoms with E-state index in [4.69, 9.17) is 0 Å². The van der Waals surface area contributed by atoms with Crippen molar-refractivity contribution >= 4 is 5.91 Å². The molecule has 0 radical (unpaired) electrons. The van der Waals surface area contributed by atoms with Crippen molar-refractivity contribution in [2.45, 2.75) is 98.5 Å². The summed E-state index contributed by atoms with van der Waals surface area (Å²) in [6.45, 7) is 12.0. The predicted octanol–water partition coefficient (Wildman–Crippen LogP) is 5.68. The Kier molecular flexibility index (Phi) is 5.68. The van der Waals surface area contributed by atoms with E-state index in [0.717, 1.165) is 36.3 Å². The van der Waals surface area contributed by atoms with E-state index in [0.29, 0.717) is 17.3 Å². The third kappa shape index (κ3) is 3.50. The fraction of sp³-hybridized carbons (Fsp3) is 0.885. The van der Waals surface area contributed by atoms with Crippen molar-refractivity contribution in [1.29, 1.82) is 0 Å². The maximum atomic E-state index is 13.3. The van der Waals surface area contributed by atoms with E-state index in [1.165, 1.54) is 44.9 Å². The summed E-state index contributed by atoms with van der Waals surface area (Å²) in [4.78, 5) is 13.3. The van der Waals surface area contributed by atoms with Crippen LogP contribution in [0.1, 0.15) is 92.4 Å². The molecular formula is C26H43NO2. The van der Waals surface area contributed by atoms with Crippen LogP contribution in [0.15, 0.2) is 11.8 Å². The van der Waals surface area contributed by atoms with Gasteiger partial charge in [0.1, 0.15) is 0 Å². The zero-order valence-electron chi connectivity index (χ0n) is 19.3. The fourth-order valence-electron chi connectivity index (χ4n) is 8.08. The van der Waals surface area contributed by atoms with Gasteiger partial charge >= 0.3 is 0 Å². The average molecular weight is 402 g/mol. The second-order valence-electron chi connectivity index (χ2n) is 11.9. The number of fused-ring (bicyclic) bond motifs is 5. The van der Waals surface area contributed by atoms with Gasteiger partial charge in [-0.3, -0.25) is 4.79 Å². The van der Waals surface area contributed by atoms with Crippen LogP contribution in [0, 0.1) is 46.3 Å². The number of allylic oxidation sites excluding steroid dienone is 1. The zero-order valence-corrected chi connectivity index (χ0v) is 19.3. The molecule has 0 aromatic rings. The Morgan fingerprint density at radius 2 is 1.83 bits per heavy atom. The van der Waals surface area contributed by atoms with Gasteiger partial charge in [-0.1, -0.05) is 53.9 Å². The van der Waals surface area contributed by atoms with Crippen LogP contribution in [0.4, 0.5) is 0 Å². The molecule has 0 aromatic carbocycles. The molecule has 1 amide bonds. The van der Waals surface area contributed by atoms with Crippen molar-refractivity contribution in [2.24, 2.45) is 46.3 Å². The van der Waals surface area contributed by atoms with Gasteiger partial charge in [0.05, 0.1) is 6.10 Å². The number of rotatable bonds is 5. The minimum Gasteiger partial charge on any atom is -0.389 e. The lowest BCUT2D eigenvalue weighted by molar-refractivity contribution is -0.144. The Morgan fingerprint density at radius 3 is 2.55 bits per heavy atom. The first-order valence-corrected chi connectivity index (χ1v) is 12.4. The Hall–Kier alpha value is -0.830. The largest absolute Gasteiger partial charge is 0.389 e. The highest BCUT2D eigenvalue weighted by atomic mass is 16.3. The average Bonchev–Trinajstić information content (AvgIpc) is 3.00. The minimum absolute atomic E-state index is 0.0418. The van der Waals surface area contributed by atoms with Crippen LogP contribution in [0.2, 0.25) is 0 Å². The molecule has 1 aliphatic heterocycles. The van der Waals surface area contributed by atoms with Gasteiger partial charge in [0.25, 0.3) is 0 Å². The molecule has 3 aliphatic carbocycles. The molecule has 0 bridgehead atoms. The first-order chi connectivity index (χ1) is 13.7. The fourth-order valence-corrected chi connectivity index (χ4v) is 8.08. The van der Waals surface area contributed by atoms with Crippen LogP contribution in [-0.2, 0) is 4.79 Å². The summed E-state index contributed by atoms with van der Waals surface area (Å²) in [6, 6.07) is 0. The maximum Gasteiger partial charge on any atom is 0.227 e. The van der Waals surface area contributed by atoms with Crippen LogP contribution >= 0.6 is 0 Å². The van der Waals surface area contributed by atoms with E-state index in [-0.39, 0.29) is 17.2 Å². The Morgan fingerprint density at radius 1 is 1.07 bits per heavy atom. The summed E-state index contributed by atoms with van der Waals surface area (Å²) < 4.78 is 0. The first-order valence-electron chi connectivity index (χ1n) is 12.4. The minimum atomic E-state index is -0.397. The first kappa shape index (κ1) is 21.4. The van der Waals surface area contributed by atoms with Crippen molar-refractivity contribution in [3.63, 3.8) is 0 Å². The highest BCUT2D eigenvalue weighted by molar-refractivity contribution is 5.83.